The monoisotopic (exact) mass is 248 g/mol. The average molecular weight is 248 g/mol. The molecule has 0 radical (unpaired) electrons. The van der Waals surface area contributed by atoms with Crippen LogP contribution in [0.1, 0.15) is 30.5 Å². The van der Waals surface area contributed by atoms with Crippen LogP contribution in [0, 0.1) is 6.92 Å². The van der Waals surface area contributed by atoms with Gasteiger partial charge in [-0.2, -0.15) is 0 Å². The summed E-state index contributed by atoms with van der Waals surface area (Å²) in [7, 11) is 1.71. The van der Waals surface area contributed by atoms with Crippen LogP contribution in [-0.2, 0) is 17.9 Å². The van der Waals surface area contributed by atoms with E-state index in [4.69, 9.17) is 4.74 Å². The number of rotatable bonds is 7. The first kappa shape index (κ1) is 14.6. The van der Waals surface area contributed by atoms with Crippen LogP contribution in [0.4, 0.5) is 0 Å². The zero-order chi connectivity index (χ0) is 13.5. The lowest BCUT2D eigenvalue weighted by atomic mass is 10.1. The Hall–Kier alpha value is -1.48. The molecule has 1 aromatic carbocycles. The molecule has 2 N–H and O–H groups in total. The highest BCUT2D eigenvalue weighted by Crippen LogP contribution is 2.12. The van der Waals surface area contributed by atoms with Gasteiger partial charge in [0.1, 0.15) is 0 Å². The van der Waals surface area contributed by atoms with Crippen molar-refractivity contribution in [2.24, 2.45) is 0 Å². The van der Waals surface area contributed by atoms with Gasteiger partial charge in [0.05, 0.1) is 12.4 Å². The van der Waals surface area contributed by atoms with E-state index in [1.54, 1.807) is 7.11 Å². The minimum atomic E-state index is 0.394. The molecule has 0 fully saturated rings. The molecule has 0 heterocycles. The minimum Gasteiger partial charge on any atom is -0.380 e. The summed E-state index contributed by atoms with van der Waals surface area (Å²) < 4.78 is 5.15. The first-order valence-corrected chi connectivity index (χ1v) is 6.29. The second-order valence-electron chi connectivity index (χ2n) is 4.82. The van der Waals surface area contributed by atoms with Crippen LogP contribution < -0.4 is 10.6 Å². The summed E-state index contributed by atoms with van der Waals surface area (Å²) >= 11 is 0. The molecule has 0 amide bonds. The van der Waals surface area contributed by atoms with Gasteiger partial charge in [-0.3, -0.25) is 0 Å². The first-order valence-electron chi connectivity index (χ1n) is 6.29. The number of hydrogen-bond donors (Lipinski definition) is 2. The lowest BCUT2D eigenvalue weighted by molar-refractivity contribution is 0.185. The molecule has 1 rings (SSSR count). The van der Waals surface area contributed by atoms with E-state index >= 15 is 0 Å². The molecule has 3 nitrogen and oxygen atoms in total. The Morgan fingerprint density at radius 3 is 2.72 bits per heavy atom. The molecular formula is C15H24N2O. The molecule has 0 aliphatic rings. The van der Waals surface area contributed by atoms with Gasteiger partial charge in [0, 0.05) is 19.7 Å². The van der Waals surface area contributed by atoms with Gasteiger partial charge in [0.25, 0.3) is 0 Å². The standard InChI is InChI=1S/C15H24N2O/c1-11(2)17-13(4)16-9-15-8-14(10-18-5)7-6-12(15)3/h6-8,11,16-17H,4,9-10H2,1-3,5H3. The summed E-state index contributed by atoms with van der Waals surface area (Å²) in [6.45, 7) is 11.7. The average Bonchev–Trinajstić information content (AvgIpc) is 2.29. The van der Waals surface area contributed by atoms with Crippen LogP contribution in [0.25, 0.3) is 0 Å². The van der Waals surface area contributed by atoms with Gasteiger partial charge in [-0.1, -0.05) is 24.8 Å². The highest BCUT2D eigenvalue weighted by molar-refractivity contribution is 5.31. The fourth-order valence-corrected chi connectivity index (χ4v) is 1.77. The molecule has 18 heavy (non-hydrogen) atoms. The maximum atomic E-state index is 5.15. The summed E-state index contributed by atoms with van der Waals surface area (Å²) in [6, 6.07) is 6.80. The smallest absolute Gasteiger partial charge is 0.0917 e. The van der Waals surface area contributed by atoms with Crippen molar-refractivity contribution in [2.45, 2.75) is 40.0 Å². The Kier molecular flexibility index (Phi) is 5.72. The molecule has 3 heteroatoms. The number of aryl methyl sites for hydroxylation is 1. The SMILES string of the molecule is C=C(NCc1cc(COC)ccc1C)NC(C)C. The number of hydrogen-bond acceptors (Lipinski definition) is 3. The van der Waals surface area contributed by atoms with Gasteiger partial charge in [0.2, 0.25) is 0 Å². The van der Waals surface area contributed by atoms with Crippen LogP contribution in [-0.4, -0.2) is 13.2 Å². The van der Waals surface area contributed by atoms with Crippen molar-refractivity contribution in [1.29, 1.82) is 0 Å². The van der Waals surface area contributed by atoms with Crippen molar-refractivity contribution >= 4 is 0 Å². The molecule has 0 aliphatic heterocycles. The van der Waals surface area contributed by atoms with E-state index in [-0.39, 0.29) is 0 Å². The minimum absolute atomic E-state index is 0.394. The second-order valence-corrected chi connectivity index (χ2v) is 4.82. The molecule has 0 spiro atoms. The van der Waals surface area contributed by atoms with E-state index in [1.165, 1.54) is 16.7 Å². The highest BCUT2D eigenvalue weighted by atomic mass is 16.5. The normalized spacial score (nSPS) is 10.5. The molecule has 100 valence electrons. The summed E-state index contributed by atoms with van der Waals surface area (Å²) in [6.07, 6.45) is 0. The maximum Gasteiger partial charge on any atom is 0.0917 e. The van der Waals surface area contributed by atoms with Gasteiger partial charge < -0.3 is 15.4 Å². The predicted molar refractivity (Wildman–Crippen MR) is 76.1 cm³/mol. The molecule has 0 saturated carbocycles. The molecule has 0 aromatic heterocycles. The summed E-state index contributed by atoms with van der Waals surface area (Å²) in [5.41, 5.74) is 3.75. The van der Waals surface area contributed by atoms with E-state index in [2.05, 4.69) is 56.2 Å². The Morgan fingerprint density at radius 1 is 1.39 bits per heavy atom. The van der Waals surface area contributed by atoms with Crippen LogP contribution >= 0.6 is 0 Å². The largest absolute Gasteiger partial charge is 0.380 e. The maximum absolute atomic E-state index is 5.15. The van der Waals surface area contributed by atoms with Crippen molar-refractivity contribution in [3.63, 3.8) is 0 Å². The van der Waals surface area contributed by atoms with E-state index in [9.17, 15) is 0 Å². The van der Waals surface area contributed by atoms with Crippen molar-refractivity contribution in [3.05, 3.63) is 47.3 Å². The fraction of sp³-hybridized carbons (Fsp3) is 0.467. The Labute approximate surface area is 110 Å². The number of methoxy groups -OCH3 is 1. The fourth-order valence-electron chi connectivity index (χ4n) is 1.77. The van der Waals surface area contributed by atoms with Gasteiger partial charge >= 0.3 is 0 Å². The third kappa shape index (κ3) is 4.80. The molecule has 0 bridgehead atoms. The summed E-state index contributed by atoms with van der Waals surface area (Å²) in [5.74, 6) is 0.863. The van der Waals surface area contributed by atoms with Crippen molar-refractivity contribution in [1.82, 2.24) is 10.6 Å². The zero-order valence-corrected chi connectivity index (χ0v) is 11.8. The van der Waals surface area contributed by atoms with Gasteiger partial charge in [0.15, 0.2) is 0 Å². The first-order chi connectivity index (χ1) is 8.52. The van der Waals surface area contributed by atoms with E-state index < -0.39 is 0 Å². The van der Waals surface area contributed by atoms with Crippen LogP contribution in [0.2, 0.25) is 0 Å². The molecule has 0 unspecified atom stereocenters. The lowest BCUT2D eigenvalue weighted by Gasteiger charge is -2.16. The zero-order valence-electron chi connectivity index (χ0n) is 11.8. The quantitative estimate of drug-likeness (QED) is 0.778. The Bertz CT molecular complexity index is 399. The van der Waals surface area contributed by atoms with Crippen LogP contribution in [0.3, 0.4) is 0 Å². The van der Waals surface area contributed by atoms with Crippen LogP contribution in [0.15, 0.2) is 30.6 Å². The number of ether oxygens (including phenoxy) is 1. The van der Waals surface area contributed by atoms with Crippen LogP contribution in [0.5, 0.6) is 0 Å². The summed E-state index contributed by atoms with van der Waals surface area (Å²) in [5, 5.41) is 6.54. The Morgan fingerprint density at radius 2 is 2.11 bits per heavy atom. The van der Waals surface area contributed by atoms with Crippen molar-refractivity contribution in [3.8, 4) is 0 Å². The highest BCUT2D eigenvalue weighted by Gasteiger charge is 2.02. The third-order valence-corrected chi connectivity index (χ3v) is 2.68. The summed E-state index contributed by atoms with van der Waals surface area (Å²) in [4.78, 5) is 0. The van der Waals surface area contributed by atoms with E-state index in [0.29, 0.717) is 12.6 Å². The van der Waals surface area contributed by atoms with Crippen molar-refractivity contribution < 1.29 is 4.74 Å². The number of nitrogens with one attached hydrogen (secondary N) is 2. The molecular weight excluding hydrogens is 224 g/mol. The topological polar surface area (TPSA) is 33.3 Å². The Balaban J connectivity index is 2.60. The predicted octanol–water partition coefficient (Wildman–Crippen LogP) is 2.70. The number of benzene rings is 1. The van der Waals surface area contributed by atoms with Gasteiger partial charge in [-0.15, -0.1) is 0 Å². The van der Waals surface area contributed by atoms with E-state index in [0.717, 1.165) is 12.4 Å². The van der Waals surface area contributed by atoms with Crippen molar-refractivity contribution in [2.75, 3.05) is 7.11 Å². The van der Waals surface area contributed by atoms with Gasteiger partial charge in [-0.25, -0.2) is 0 Å². The van der Waals surface area contributed by atoms with E-state index in [1.807, 2.05) is 0 Å². The molecule has 0 atom stereocenters. The van der Waals surface area contributed by atoms with Gasteiger partial charge in [-0.05, 0) is 37.5 Å². The lowest BCUT2D eigenvalue weighted by Crippen LogP contribution is -2.30. The molecule has 1 aromatic rings. The molecule has 0 aliphatic carbocycles. The second kappa shape index (κ2) is 7.07. The third-order valence-electron chi connectivity index (χ3n) is 2.68. The molecule has 0 saturated heterocycles.